The highest BCUT2D eigenvalue weighted by atomic mass is 19.1. The molecular weight excluding hydrogens is 243 g/mol. The van der Waals surface area contributed by atoms with Crippen LogP contribution in [0.2, 0.25) is 0 Å². The summed E-state index contributed by atoms with van der Waals surface area (Å²) in [7, 11) is 0. The lowest BCUT2D eigenvalue weighted by Crippen LogP contribution is -2.42. The third-order valence-electron chi connectivity index (χ3n) is 4.13. The third-order valence-corrected chi connectivity index (χ3v) is 4.13. The minimum Gasteiger partial charge on any atom is -0.399 e. The summed E-state index contributed by atoms with van der Waals surface area (Å²) in [4.78, 5) is 14.1. The Kier molecular flexibility index (Phi) is 3.78. The molecule has 2 rings (SSSR count). The fraction of sp³-hybridized carbons (Fsp3) is 0.533. The first-order valence-electron chi connectivity index (χ1n) is 6.75. The van der Waals surface area contributed by atoms with Crippen molar-refractivity contribution in [2.75, 3.05) is 18.8 Å². The average Bonchev–Trinajstić information content (AvgIpc) is 2.36. The van der Waals surface area contributed by atoms with Crippen LogP contribution < -0.4 is 5.73 Å². The second kappa shape index (κ2) is 5.19. The number of aryl methyl sites for hydroxylation is 1. The molecule has 0 aromatic heterocycles. The SMILES string of the molecule is Cc1cc(N)cc(C(=O)N2CCC(C)C(C)C2)c1F. The van der Waals surface area contributed by atoms with E-state index in [1.165, 1.54) is 6.07 Å². The van der Waals surface area contributed by atoms with Crippen LogP contribution in [0.15, 0.2) is 12.1 Å². The number of likely N-dealkylation sites (tertiary alicyclic amines) is 1. The van der Waals surface area contributed by atoms with E-state index in [2.05, 4.69) is 13.8 Å². The molecule has 1 amide bonds. The topological polar surface area (TPSA) is 46.3 Å². The van der Waals surface area contributed by atoms with Gasteiger partial charge >= 0.3 is 0 Å². The highest BCUT2D eigenvalue weighted by molar-refractivity contribution is 5.95. The fourth-order valence-corrected chi connectivity index (χ4v) is 2.57. The summed E-state index contributed by atoms with van der Waals surface area (Å²) in [6.45, 7) is 7.33. The maximum atomic E-state index is 14.1. The number of nitrogen functional groups attached to an aromatic ring is 1. The average molecular weight is 264 g/mol. The number of rotatable bonds is 1. The van der Waals surface area contributed by atoms with Crippen molar-refractivity contribution in [3.05, 3.63) is 29.1 Å². The van der Waals surface area contributed by atoms with Crippen LogP contribution in [-0.2, 0) is 0 Å². The van der Waals surface area contributed by atoms with Gasteiger partial charge in [0.2, 0.25) is 0 Å². The number of hydrogen-bond acceptors (Lipinski definition) is 2. The van der Waals surface area contributed by atoms with Crippen molar-refractivity contribution in [3.8, 4) is 0 Å². The van der Waals surface area contributed by atoms with E-state index in [1.807, 2.05) is 0 Å². The molecule has 1 aliphatic heterocycles. The molecular formula is C15H21FN2O. The number of nitrogens with zero attached hydrogens (tertiary/aromatic N) is 1. The van der Waals surface area contributed by atoms with Gasteiger partial charge in [0.1, 0.15) is 5.82 Å². The first-order chi connectivity index (χ1) is 8.90. The minimum atomic E-state index is -0.453. The molecule has 1 aromatic rings. The van der Waals surface area contributed by atoms with E-state index in [0.717, 1.165) is 6.42 Å². The highest BCUT2D eigenvalue weighted by Gasteiger charge is 2.28. The van der Waals surface area contributed by atoms with E-state index in [9.17, 15) is 9.18 Å². The maximum absolute atomic E-state index is 14.1. The number of anilines is 1. The van der Waals surface area contributed by atoms with Gasteiger partial charge in [-0.1, -0.05) is 13.8 Å². The first-order valence-corrected chi connectivity index (χ1v) is 6.75. The lowest BCUT2D eigenvalue weighted by molar-refractivity contribution is 0.0622. The molecule has 4 heteroatoms. The zero-order valence-electron chi connectivity index (χ0n) is 11.7. The van der Waals surface area contributed by atoms with Gasteiger partial charge in [-0.05, 0) is 42.9 Å². The normalized spacial score (nSPS) is 23.5. The summed E-state index contributed by atoms with van der Waals surface area (Å²) in [6, 6.07) is 2.99. The van der Waals surface area contributed by atoms with Crippen LogP contribution in [0.25, 0.3) is 0 Å². The van der Waals surface area contributed by atoms with Crippen molar-refractivity contribution >= 4 is 11.6 Å². The zero-order chi connectivity index (χ0) is 14.2. The lowest BCUT2D eigenvalue weighted by Gasteiger charge is -2.35. The summed E-state index contributed by atoms with van der Waals surface area (Å²) in [5, 5.41) is 0. The van der Waals surface area contributed by atoms with Gasteiger partial charge in [0.15, 0.2) is 0 Å². The van der Waals surface area contributed by atoms with Crippen LogP contribution in [-0.4, -0.2) is 23.9 Å². The molecule has 0 spiro atoms. The van der Waals surface area contributed by atoms with Crippen LogP contribution in [0.1, 0.15) is 36.2 Å². The van der Waals surface area contributed by atoms with E-state index < -0.39 is 5.82 Å². The van der Waals surface area contributed by atoms with Crippen LogP contribution >= 0.6 is 0 Å². The van der Waals surface area contributed by atoms with Gasteiger partial charge in [-0.2, -0.15) is 0 Å². The van der Waals surface area contributed by atoms with Gasteiger partial charge in [0, 0.05) is 18.8 Å². The van der Waals surface area contributed by atoms with Crippen molar-refractivity contribution in [2.24, 2.45) is 11.8 Å². The summed E-state index contributed by atoms with van der Waals surface area (Å²) >= 11 is 0. The zero-order valence-corrected chi connectivity index (χ0v) is 11.7. The number of halogens is 1. The molecule has 3 nitrogen and oxygen atoms in total. The number of nitrogens with two attached hydrogens (primary N) is 1. The smallest absolute Gasteiger partial charge is 0.256 e. The quantitative estimate of drug-likeness (QED) is 0.793. The van der Waals surface area contributed by atoms with Gasteiger partial charge in [0.25, 0.3) is 5.91 Å². The van der Waals surface area contributed by atoms with E-state index in [1.54, 1.807) is 17.9 Å². The molecule has 1 saturated heterocycles. The number of piperidine rings is 1. The molecule has 2 N–H and O–H groups in total. The maximum Gasteiger partial charge on any atom is 0.256 e. The van der Waals surface area contributed by atoms with E-state index >= 15 is 0 Å². The minimum absolute atomic E-state index is 0.0965. The van der Waals surface area contributed by atoms with E-state index in [4.69, 9.17) is 5.73 Å². The standard InChI is InChI=1S/C15H21FN2O/c1-9-4-5-18(8-11(9)3)15(19)13-7-12(17)6-10(2)14(13)16/h6-7,9,11H,4-5,8,17H2,1-3H3. The van der Waals surface area contributed by atoms with Crippen LogP contribution in [0.3, 0.4) is 0 Å². The highest BCUT2D eigenvalue weighted by Crippen LogP contribution is 2.25. The van der Waals surface area contributed by atoms with Gasteiger partial charge in [-0.3, -0.25) is 4.79 Å². The Morgan fingerprint density at radius 2 is 2.05 bits per heavy atom. The Bertz CT molecular complexity index is 501. The molecule has 104 valence electrons. The largest absolute Gasteiger partial charge is 0.399 e. The summed E-state index contributed by atoms with van der Waals surface area (Å²) in [6.07, 6.45) is 0.968. The molecule has 1 fully saturated rings. The Morgan fingerprint density at radius 3 is 2.68 bits per heavy atom. The van der Waals surface area contributed by atoms with Gasteiger partial charge in [-0.25, -0.2) is 4.39 Å². The van der Waals surface area contributed by atoms with Gasteiger partial charge in [-0.15, -0.1) is 0 Å². The Hall–Kier alpha value is -1.58. The number of amides is 1. The van der Waals surface area contributed by atoms with Crippen molar-refractivity contribution < 1.29 is 9.18 Å². The monoisotopic (exact) mass is 264 g/mol. The molecule has 0 radical (unpaired) electrons. The van der Waals surface area contributed by atoms with Crippen molar-refractivity contribution in [3.63, 3.8) is 0 Å². The first kappa shape index (κ1) is 13.8. The molecule has 0 bridgehead atoms. The van der Waals surface area contributed by atoms with E-state index in [-0.39, 0.29) is 11.5 Å². The summed E-state index contributed by atoms with van der Waals surface area (Å²) in [5.74, 6) is 0.358. The predicted molar refractivity (Wildman–Crippen MR) is 74.4 cm³/mol. The van der Waals surface area contributed by atoms with Crippen molar-refractivity contribution in [2.45, 2.75) is 27.2 Å². The molecule has 19 heavy (non-hydrogen) atoms. The molecule has 1 aromatic carbocycles. The number of carbonyl (C=O) groups is 1. The summed E-state index contributed by atoms with van der Waals surface area (Å²) < 4.78 is 14.1. The van der Waals surface area contributed by atoms with Crippen LogP contribution in [0.5, 0.6) is 0 Å². The second-order valence-corrected chi connectivity index (χ2v) is 5.69. The van der Waals surface area contributed by atoms with Crippen molar-refractivity contribution in [1.29, 1.82) is 0 Å². The Labute approximate surface area is 113 Å². The Balaban J connectivity index is 2.25. The number of hydrogen-bond donors (Lipinski definition) is 1. The number of carbonyl (C=O) groups excluding carboxylic acids is 1. The van der Waals surface area contributed by atoms with Gasteiger partial charge in [0.05, 0.1) is 5.56 Å². The summed E-state index contributed by atoms with van der Waals surface area (Å²) in [5.41, 5.74) is 6.65. The molecule has 0 aliphatic carbocycles. The molecule has 1 heterocycles. The predicted octanol–water partition coefficient (Wildman–Crippen LogP) is 2.83. The lowest BCUT2D eigenvalue weighted by atomic mass is 9.88. The molecule has 0 saturated carbocycles. The van der Waals surface area contributed by atoms with E-state index in [0.29, 0.717) is 36.2 Å². The van der Waals surface area contributed by atoms with Crippen molar-refractivity contribution in [1.82, 2.24) is 4.90 Å². The third kappa shape index (κ3) is 2.72. The number of benzene rings is 1. The van der Waals surface area contributed by atoms with Crippen LogP contribution in [0, 0.1) is 24.6 Å². The second-order valence-electron chi connectivity index (χ2n) is 5.69. The molecule has 2 unspecified atom stereocenters. The fourth-order valence-electron chi connectivity index (χ4n) is 2.57. The molecule has 2 atom stereocenters. The Morgan fingerprint density at radius 1 is 1.37 bits per heavy atom. The van der Waals surface area contributed by atoms with Crippen LogP contribution in [0.4, 0.5) is 10.1 Å². The van der Waals surface area contributed by atoms with Gasteiger partial charge < -0.3 is 10.6 Å². The molecule has 1 aliphatic rings.